The molecule has 164 valence electrons. The summed E-state index contributed by atoms with van der Waals surface area (Å²) in [4.78, 5) is 1.39. The van der Waals surface area contributed by atoms with Gasteiger partial charge >= 0.3 is 0 Å². The van der Waals surface area contributed by atoms with E-state index in [9.17, 15) is 0 Å². The number of hydrogen-bond acceptors (Lipinski definition) is 2. The van der Waals surface area contributed by atoms with Gasteiger partial charge in [-0.1, -0.05) is 90.7 Å². The molecule has 0 aliphatic rings. The second-order valence-electron chi connectivity index (χ2n) is 8.73. The Morgan fingerprint density at radius 3 is 1.59 bits per heavy atom. The molecule has 4 rings (SSSR count). The molecule has 1 nitrogen and oxygen atoms in total. The van der Waals surface area contributed by atoms with Crippen molar-refractivity contribution >= 4 is 23.6 Å². The monoisotopic (exact) mass is 457 g/mol. The van der Waals surface area contributed by atoms with E-state index in [-0.39, 0.29) is 0 Å². The molecule has 32 heavy (non-hydrogen) atoms. The predicted molar refractivity (Wildman–Crippen MR) is 143 cm³/mol. The van der Waals surface area contributed by atoms with Gasteiger partial charge in [-0.3, -0.25) is 4.57 Å². The predicted octanol–water partition coefficient (Wildman–Crippen LogP) is 8.96. The van der Waals surface area contributed by atoms with E-state index < -0.39 is 0 Å². The summed E-state index contributed by atoms with van der Waals surface area (Å²) in [5.74, 6) is 0. The van der Waals surface area contributed by atoms with E-state index in [0.717, 1.165) is 16.8 Å². The van der Waals surface area contributed by atoms with E-state index >= 15 is 0 Å². The molecule has 0 bridgehead atoms. The van der Waals surface area contributed by atoms with Gasteiger partial charge in [0.25, 0.3) is 0 Å². The molecule has 0 saturated carbocycles. The van der Waals surface area contributed by atoms with Crippen LogP contribution in [0.2, 0.25) is 0 Å². The number of hydrogen-bond donors (Lipinski definition) is 0. The number of para-hydroxylation sites is 1. The molecule has 0 atom stereocenters. The normalized spacial score (nSPS) is 11.2. The molecular formula is C29H31NS2. The molecular weight excluding hydrogens is 426 g/mol. The summed E-state index contributed by atoms with van der Waals surface area (Å²) in [5.41, 5.74) is 12.6. The second kappa shape index (κ2) is 9.17. The van der Waals surface area contributed by atoms with Crippen LogP contribution in [0.1, 0.15) is 46.7 Å². The van der Waals surface area contributed by atoms with Gasteiger partial charge in [-0.25, -0.2) is 0 Å². The first-order chi connectivity index (χ1) is 15.3. The summed E-state index contributed by atoms with van der Waals surface area (Å²) >= 11 is 7.74. The van der Waals surface area contributed by atoms with Crippen LogP contribution >= 0.6 is 23.6 Å². The lowest BCUT2D eigenvalue weighted by Crippen LogP contribution is -2.05. The lowest BCUT2D eigenvalue weighted by Gasteiger charge is -2.20. The highest BCUT2D eigenvalue weighted by Crippen LogP contribution is 2.39. The third kappa shape index (κ3) is 4.24. The van der Waals surface area contributed by atoms with Crippen LogP contribution in [-0.2, 0) is 12.8 Å². The van der Waals surface area contributed by atoms with Crippen LogP contribution in [0.3, 0.4) is 0 Å². The smallest absolute Gasteiger partial charge is 0.166 e. The molecule has 3 heteroatoms. The van der Waals surface area contributed by atoms with Crippen LogP contribution in [0.5, 0.6) is 0 Å². The van der Waals surface area contributed by atoms with Gasteiger partial charge in [0.2, 0.25) is 0 Å². The van der Waals surface area contributed by atoms with Crippen LogP contribution in [0.4, 0.5) is 0 Å². The average molecular weight is 458 g/mol. The van der Waals surface area contributed by atoms with E-state index in [0.29, 0.717) is 0 Å². The Morgan fingerprint density at radius 1 is 0.719 bits per heavy atom. The van der Waals surface area contributed by atoms with Crippen molar-refractivity contribution in [3.05, 3.63) is 91.4 Å². The number of benzene rings is 3. The standard InChI is InChI=1S/C29H31NS2/c1-7-26-27(8-2)32-29(31)30(26)28-24(22-14-18(3)12-19(4)15-22)10-9-11-25(28)23-16-20(5)13-21(6)17-23/h9-17H,7-8H2,1-6H3. The topological polar surface area (TPSA) is 4.93 Å². The number of thiazole rings is 1. The van der Waals surface area contributed by atoms with Gasteiger partial charge < -0.3 is 0 Å². The largest absolute Gasteiger partial charge is 0.294 e. The SMILES string of the molecule is CCc1sc(=S)n(-c2c(-c3cc(C)cc(C)c3)cccc2-c2cc(C)cc(C)c2)c1CC. The number of aryl methyl sites for hydroxylation is 5. The number of rotatable bonds is 5. The molecule has 0 spiro atoms. The highest BCUT2D eigenvalue weighted by atomic mass is 32.1. The van der Waals surface area contributed by atoms with Gasteiger partial charge in [0.05, 0.1) is 5.69 Å². The van der Waals surface area contributed by atoms with E-state index in [1.54, 1.807) is 11.3 Å². The molecule has 0 aliphatic heterocycles. The zero-order valence-corrected chi connectivity index (χ0v) is 21.5. The minimum Gasteiger partial charge on any atom is -0.294 e. The fourth-order valence-electron chi connectivity index (χ4n) is 4.81. The maximum atomic E-state index is 5.98. The molecule has 1 aromatic heterocycles. The highest BCUT2D eigenvalue weighted by Gasteiger charge is 2.20. The Hall–Kier alpha value is -2.49. The lowest BCUT2D eigenvalue weighted by atomic mass is 9.92. The van der Waals surface area contributed by atoms with Crippen LogP contribution in [0.25, 0.3) is 27.9 Å². The Balaban J connectivity index is 2.14. The summed E-state index contributed by atoms with van der Waals surface area (Å²) < 4.78 is 3.29. The van der Waals surface area contributed by atoms with E-state index in [1.165, 1.54) is 60.8 Å². The van der Waals surface area contributed by atoms with Crippen LogP contribution < -0.4 is 0 Å². The summed E-state index contributed by atoms with van der Waals surface area (Å²) in [6.45, 7) is 13.2. The third-order valence-electron chi connectivity index (χ3n) is 5.97. The Labute approximate surface area is 201 Å². The van der Waals surface area contributed by atoms with Crippen LogP contribution in [-0.4, -0.2) is 4.57 Å². The molecule has 0 amide bonds. The van der Waals surface area contributed by atoms with Crippen molar-refractivity contribution < 1.29 is 0 Å². The van der Waals surface area contributed by atoms with Crippen molar-refractivity contribution in [3.8, 4) is 27.9 Å². The molecule has 4 aromatic rings. The van der Waals surface area contributed by atoms with E-state index in [2.05, 4.69) is 101 Å². The van der Waals surface area contributed by atoms with Gasteiger partial charge in [0, 0.05) is 21.7 Å². The molecule has 0 unspecified atom stereocenters. The Morgan fingerprint density at radius 2 is 1.19 bits per heavy atom. The van der Waals surface area contributed by atoms with E-state index in [4.69, 9.17) is 12.2 Å². The van der Waals surface area contributed by atoms with Crippen molar-refractivity contribution in [2.75, 3.05) is 0 Å². The summed E-state index contributed by atoms with van der Waals surface area (Å²) in [7, 11) is 0. The fourth-order valence-corrected chi connectivity index (χ4v) is 6.32. The summed E-state index contributed by atoms with van der Waals surface area (Å²) in [6.07, 6.45) is 1.97. The zero-order chi connectivity index (χ0) is 23.0. The van der Waals surface area contributed by atoms with E-state index in [1.807, 2.05) is 0 Å². The van der Waals surface area contributed by atoms with Crippen molar-refractivity contribution in [2.45, 2.75) is 54.4 Å². The van der Waals surface area contributed by atoms with Crippen molar-refractivity contribution in [3.63, 3.8) is 0 Å². The number of aromatic nitrogens is 1. The average Bonchev–Trinajstić information content (AvgIpc) is 3.06. The van der Waals surface area contributed by atoms with Crippen LogP contribution in [0.15, 0.2) is 54.6 Å². The van der Waals surface area contributed by atoms with Gasteiger partial charge in [-0.15, -0.1) is 11.3 Å². The molecule has 0 N–H and O–H groups in total. The van der Waals surface area contributed by atoms with Gasteiger partial charge in [0.1, 0.15) is 0 Å². The highest BCUT2D eigenvalue weighted by molar-refractivity contribution is 7.73. The van der Waals surface area contributed by atoms with Crippen molar-refractivity contribution in [1.29, 1.82) is 0 Å². The van der Waals surface area contributed by atoms with Gasteiger partial charge in [-0.05, 0) is 63.9 Å². The van der Waals surface area contributed by atoms with Gasteiger partial charge in [0.15, 0.2) is 3.95 Å². The fraction of sp³-hybridized carbons (Fsp3) is 0.276. The first-order valence-electron chi connectivity index (χ1n) is 11.4. The maximum Gasteiger partial charge on any atom is 0.166 e. The molecule has 0 fully saturated rings. The molecule has 1 heterocycles. The minimum absolute atomic E-state index is 0.932. The first-order valence-corrected chi connectivity index (χ1v) is 12.6. The first kappa shape index (κ1) is 22.7. The second-order valence-corrected chi connectivity index (χ2v) is 10.5. The molecule has 0 saturated heterocycles. The quantitative estimate of drug-likeness (QED) is 0.271. The van der Waals surface area contributed by atoms with Gasteiger partial charge in [-0.2, -0.15) is 0 Å². The lowest BCUT2D eigenvalue weighted by molar-refractivity contribution is 0.905. The van der Waals surface area contributed by atoms with Crippen molar-refractivity contribution in [1.82, 2.24) is 4.57 Å². The minimum atomic E-state index is 0.932. The third-order valence-corrected chi connectivity index (χ3v) is 7.53. The summed E-state index contributed by atoms with van der Waals surface area (Å²) in [5, 5.41) is 0. The summed E-state index contributed by atoms with van der Waals surface area (Å²) in [6, 6.07) is 20.3. The van der Waals surface area contributed by atoms with Crippen molar-refractivity contribution in [2.24, 2.45) is 0 Å². The van der Waals surface area contributed by atoms with Crippen LogP contribution in [0, 0.1) is 31.6 Å². The Bertz CT molecular complexity index is 1240. The molecule has 0 aliphatic carbocycles. The number of nitrogens with zero attached hydrogens (tertiary/aromatic N) is 1. The zero-order valence-electron chi connectivity index (χ0n) is 19.9. The molecule has 3 aromatic carbocycles. The maximum absolute atomic E-state index is 5.98. The Kier molecular flexibility index (Phi) is 6.50. The molecule has 0 radical (unpaired) electrons.